The lowest BCUT2D eigenvalue weighted by atomic mass is 10.3. The van der Waals surface area contributed by atoms with Gasteiger partial charge in [-0.25, -0.2) is 4.39 Å². The van der Waals surface area contributed by atoms with Crippen LogP contribution in [-0.2, 0) is 11.3 Å². The lowest BCUT2D eigenvalue weighted by molar-refractivity contribution is -0.113. The maximum atomic E-state index is 13.2. The average molecular weight is 504 g/mol. The predicted molar refractivity (Wildman–Crippen MR) is 122 cm³/mol. The molecule has 0 aliphatic heterocycles. The second-order valence-corrected chi connectivity index (χ2v) is 8.57. The van der Waals surface area contributed by atoms with Crippen LogP contribution in [0.5, 0.6) is 5.75 Å². The topological polar surface area (TPSA) is 69.0 Å². The summed E-state index contributed by atoms with van der Waals surface area (Å²) >= 11 is 19.2. The highest BCUT2D eigenvalue weighted by Crippen LogP contribution is 2.30. The van der Waals surface area contributed by atoms with Crippen LogP contribution >= 0.6 is 46.6 Å². The summed E-state index contributed by atoms with van der Waals surface area (Å²) in [6.45, 7) is 4.29. The molecule has 1 aromatic heterocycles. The van der Waals surface area contributed by atoms with Crippen LogP contribution in [-0.4, -0.2) is 26.4 Å². The largest absolute Gasteiger partial charge is 0.481 e. The number of benzene rings is 2. The van der Waals surface area contributed by atoms with Crippen LogP contribution in [0.15, 0.2) is 41.6 Å². The summed E-state index contributed by atoms with van der Waals surface area (Å²) < 4.78 is 20.9. The van der Waals surface area contributed by atoms with Crippen LogP contribution in [0.3, 0.4) is 0 Å². The van der Waals surface area contributed by atoms with Crippen molar-refractivity contribution in [3.8, 4) is 5.75 Å². The van der Waals surface area contributed by atoms with E-state index in [1.165, 1.54) is 30.0 Å². The van der Waals surface area contributed by atoms with E-state index in [4.69, 9.17) is 39.5 Å². The van der Waals surface area contributed by atoms with E-state index in [9.17, 15) is 9.18 Å². The van der Waals surface area contributed by atoms with E-state index in [1.807, 2.05) is 11.5 Å². The number of nitrogens with zero attached hydrogens (tertiary/aromatic N) is 3. The van der Waals surface area contributed by atoms with Crippen LogP contribution in [0.25, 0.3) is 0 Å². The molecule has 1 heterocycles. The smallest absolute Gasteiger partial charge is 0.234 e. The molecule has 0 saturated heterocycles. The minimum atomic E-state index is -0.494. The molecule has 11 heteroatoms. The molecule has 2 aromatic carbocycles. The van der Waals surface area contributed by atoms with Crippen molar-refractivity contribution in [3.05, 3.63) is 63.1 Å². The van der Waals surface area contributed by atoms with Crippen molar-refractivity contribution in [2.75, 3.05) is 11.1 Å². The Morgan fingerprint density at radius 1 is 1.19 bits per heavy atom. The van der Waals surface area contributed by atoms with Gasteiger partial charge in [0.15, 0.2) is 17.1 Å². The van der Waals surface area contributed by atoms with E-state index in [0.717, 1.165) is 0 Å². The van der Waals surface area contributed by atoms with Gasteiger partial charge in [0, 0.05) is 11.6 Å². The molecule has 1 N–H and O–H groups in total. The van der Waals surface area contributed by atoms with Crippen molar-refractivity contribution in [1.82, 2.24) is 14.8 Å². The van der Waals surface area contributed by atoms with Gasteiger partial charge in [0.25, 0.3) is 0 Å². The fraction of sp³-hybridized carbons (Fsp3) is 0.250. The van der Waals surface area contributed by atoms with Gasteiger partial charge in [0.1, 0.15) is 11.6 Å². The zero-order valence-corrected chi connectivity index (χ0v) is 19.6. The van der Waals surface area contributed by atoms with Crippen LogP contribution in [0.1, 0.15) is 25.8 Å². The number of hydrogen-bond acceptors (Lipinski definition) is 5. The van der Waals surface area contributed by atoms with E-state index >= 15 is 0 Å². The Hall–Kier alpha value is -2.00. The molecule has 31 heavy (non-hydrogen) atoms. The maximum Gasteiger partial charge on any atom is 0.234 e. The molecule has 1 unspecified atom stereocenters. The molecule has 0 radical (unpaired) electrons. The number of thioether (sulfide) groups is 1. The van der Waals surface area contributed by atoms with E-state index < -0.39 is 11.9 Å². The van der Waals surface area contributed by atoms with Crippen molar-refractivity contribution in [3.63, 3.8) is 0 Å². The summed E-state index contributed by atoms with van der Waals surface area (Å²) in [6, 6.07) is 8.75. The Morgan fingerprint density at radius 2 is 1.97 bits per heavy atom. The third-order valence-electron chi connectivity index (χ3n) is 4.16. The Balaban J connectivity index is 1.65. The molecule has 0 fully saturated rings. The number of amides is 1. The van der Waals surface area contributed by atoms with Gasteiger partial charge in [-0.1, -0.05) is 46.6 Å². The number of carbonyl (C=O) groups excluding carboxylic acids is 1. The van der Waals surface area contributed by atoms with Gasteiger partial charge >= 0.3 is 0 Å². The molecule has 0 aliphatic carbocycles. The molecule has 1 atom stereocenters. The molecule has 0 bridgehead atoms. The van der Waals surface area contributed by atoms with Gasteiger partial charge in [-0.2, -0.15) is 0 Å². The maximum absolute atomic E-state index is 13.2. The molecular weight excluding hydrogens is 486 g/mol. The first-order chi connectivity index (χ1) is 14.8. The van der Waals surface area contributed by atoms with Gasteiger partial charge in [0.2, 0.25) is 5.91 Å². The Bertz CT molecular complexity index is 1100. The van der Waals surface area contributed by atoms with E-state index in [1.54, 1.807) is 25.1 Å². The van der Waals surface area contributed by atoms with Crippen molar-refractivity contribution < 1.29 is 13.9 Å². The summed E-state index contributed by atoms with van der Waals surface area (Å²) in [6.07, 6.45) is -0.494. The lowest BCUT2D eigenvalue weighted by Gasteiger charge is -2.16. The molecule has 3 rings (SSSR count). The second kappa shape index (κ2) is 10.5. The lowest BCUT2D eigenvalue weighted by Crippen LogP contribution is -2.15. The van der Waals surface area contributed by atoms with Crippen LogP contribution in [0, 0.1) is 5.82 Å². The molecule has 1 amide bonds. The van der Waals surface area contributed by atoms with E-state index in [2.05, 4.69) is 15.5 Å². The summed E-state index contributed by atoms with van der Waals surface area (Å²) in [7, 11) is 0. The third kappa shape index (κ3) is 6.04. The second-order valence-electron chi connectivity index (χ2n) is 6.38. The van der Waals surface area contributed by atoms with Crippen molar-refractivity contribution in [1.29, 1.82) is 0 Å². The number of aromatic nitrogens is 3. The highest BCUT2D eigenvalue weighted by Gasteiger charge is 2.20. The third-order valence-corrected chi connectivity index (χ3v) is 5.97. The zero-order valence-electron chi connectivity index (χ0n) is 16.5. The number of rotatable bonds is 8. The van der Waals surface area contributed by atoms with E-state index in [-0.39, 0.29) is 16.7 Å². The fourth-order valence-electron chi connectivity index (χ4n) is 2.73. The number of ether oxygens (including phenoxy) is 1. The molecule has 0 saturated carbocycles. The molecule has 0 spiro atoms. The Labute approximate surface area is 198 Å². The Kier molecular flexibility index (Phi) is 8.05. The van der Waals surface area contributed by atoms with Crippen molar-refractivity contribution >= 4 is 58.2 Å². The normalized spacial score (nSPS) is 11.9. The average Bonchev–Trinajstić information content (AvgIpc) is 3.13. The van der Waals surface area contributed by atoms with Gasteiger partial charge in [-0.15, -0.1) is 10.2 Å². The number of halogens is 4. The van der Waals surface area contributed by atoms with Gasteiger partial charge in [-0.05, 0) is 50.2 Å². The number of hydrogen-bond donors (Lipinski definition) is 1. The van der Waals surface area contributed by atoms with Gasteiger partial charge < -0.3 is 14.6 Å². The minimum Gasteiger partial charge on any atom is -0.481 e. The standard InChI is InChI=1S/C20H18Cl3FN4O2S/c1-3-28-19(11(2)30-17-7-5-13(24)9-15(17)23)26-27-20(28)31-10-18(29)25-16-6-4-12(21)8-14(16)22/h4-9,11H,3,10H2,1-2H3,(H,25,29). The van der Waals surface area contributed by atoms with Gasteiger partial charge in [-0.3, -0.25) is 4.79 Å². The van der Waals surface area contributed by atoms with Crippen LogP contribution in [0.4, 0.5) is 10.1 Å². The van der Waals surface area contributed by atoms with E-state index in [0.29, 0.717) is 39.0 Å². The molecule has 164 valence electrons. The first kappa shape index (κ1) is 23.7. The summed E-state index contributed by atoms with van der Waals surface area (Å²) in [5.41, 5.74) is 0.479. The predicted octanol–water partition coefficient (Wildman–Crippen LogP) is 6.27. The molecular formula is C20H18Cl3FN4O2S. The first-order valence-corrected chi connectivity index (χ1v) is 11.3. The molecule has 3 aromatic rings. The SMILES string of the molecule is CCn1c(SCC(=O)Nc2ccc(Cl)cc2Cl)nnc1C(C)Oc1ccc(F)cc1Cl. The molecule has 0 aliphatic rings. The highest BCUT2D eigenvalue weighted by atomic mass is 35.5. The van der Waals surface area contributed by atoms with Crippen molar-refractivity contribution in [2.24, 2.45) is 0 Å². The minimum absolute atomic E-state index is 0.107. The summed E-state index contributed by atoms with van der Waals surface area (Å²) in [4.78, 5) is 12.3. The zero-order chi connectivity index (χ0) is 22.5. The number of carbonyl (C=O) groups is 1. The number of nitrogens with one attached hydrogen (secondary N) is 1. The van der Waals surface area contributed by atoms with Crippen LogP contribution in [0.2, 0.25) is 15.1 Å². The number of anilines is 1. The summed E-state index contributed by atoms with van der Waals surface area (Å²) in [5.74, 6) is 0.319. The fourth-order valence-corrected chi connectivity index (χ4v) is 4.20. The van der Waals surface area contributed by atoms with Crippen LogP contribution < -0.4 is 10.1 Å². The quantitative estimate of drug-likeness (QED) is 0.367. The Morgan fingerprint density at radius 3 is 2.65 bits per heavy atom. The summed E-state index contributed by atoms with van der Waals surface area (Å²) in [5, 5.41) is 12.7. The first-order valence-electron chi connectivity index (χ1n) is 9.21. The van der Waals surface area contributed by atoms with Crippen molar-refractivity contribution in [2.45, 2.75) is 31.7 Å². The van der Waals surface area contributed by atoms with Gasteiger partial charge in [0.05, 0.1) is 21.5 Å². The molecule has 6 nitrogen and oxygen atoms in total. The monoisotopic (exact) mass is 502 g/mol. The highest BCUT2D eigenvalue weighted by molar-refractivity contribution is 7.99.